The van der Waals surface area contributed by atoms with E-state index < -0.39 is 0 Å². The number of rotatable bonds is 1. The molecule has 1 aromatic rings. The lowest BCUT2D eigenvalue weighted by Crippen LogP contribution is -2.14. The maximum absolute atomic E-state index is 13.4. The van der Waals surface area contributed by atoms with E-state index in [0.717, 1.165) is 24.9 Å². The zero-order chi connectivity index (χ0) is 9.26. The molecule has 3 heteroatoms. The number of hydrogen-bond donors (Lipinski definition) is 2. The average Bonchev–Trinajstić information content (AvgIpc) is 2.56. The fraction of sp³-hybridized carbons (Fsp3) is 0.400. The lowest BCUT2D eigenvalue weighted by Gasteiger charge is -2.11. The largest absolute Gasteiger partial charge is 0.399 e. The van der Waals surface area contributed by atoms with Crippen molar-refractivity contribution in [2.75, 3.05) is 12.3 Å². The van der Waals surface area contributed by atoms with Gasteiger partial charge in [0.1, 0.15) is 5.82 Å². The summed E-state index contributed by atoms with van der Waals surface area (Å²) in [4.78, 5) is 0. The molecule has 13 heavy (non-hydrogen) atoms. The third-order valence-corrected chi connectivity index (χ3v) is 2.46. The predicted molar refractivity (Wildman–Crippen MR) is 50.8 cm³/mol. The van der Waals surface area contributed by atoms with Gasteiger partial charge in [0.2, 0.25) is 0 Å². The third kappa shape index (κ3) is 1.65. The number of nitrogen functional groups attached to an aromatic ring is 1. The molecule has 2 nitrogen and oxygen atoms in total. The van der Waals surface area contributed by atoms with Crippen LogP contribution < -0.4 is 11.1 Å². The van der Waals surface area contributed by atoms with E-state index in [-0.39, 0.29) is 11.9 Å². The predicted octanol–water partition coefficient (Wildman–Crippen LogP) is 1.83. The molecule has 0 aromatic heterocycles. The van der Waals surface area contributed by atoms with E-state index in [9.17, 15) is 4.39 Å². The van der Waals surface area contributed by atoms with Crippen molar-refractivity contribution >= 4 is 5.69 Å². The van der Waals surface area contributed by atoms with Crippen LogP contribution in [0.1, 0.15) is 24.4 Å². The topological polar surface area (TPSA) is 38.0 Å². The second-order valence-electron chi connectivity index (χ2n) is 3.43. The van der Waals surface area contributed by atoms with Gasteiger partial charge in [-0.1, -0.05) is 6.07 Å². The molecule has 1 saturated heterocycles. The molecule has 70 valence electrons. The number of nitrogens with one attached hydrogen (secondary N) is 1. The summed E-state index contributed by atoms with van der Waals surface area (Å²) in [6, 6.07) is 5.09. The van der Waals surface area contributed by atoms with Crippen LogP contribution in [0.5, 0.6) is 0 Å². The zero-order valence-electron chi connectivity index (χ0n) is 7.39. The summed E-state index contributed by atoms with van der Waals surface area (Å²) in [7, 11) is 0. The summed E-state index contributed by atoms with van der Waals surface area (Å²) in [6.07, 6.45) is 2.13. The number of benzene rings is 1. The minimum absolute atomic E-state index is 0.181. The summed E-state index contributed by atoms with van der Waals surface area (Å²) in [5.74, 6) is -0.195. The highest BCUT2D eigenvalue weighted by molar-refractivity contribution is 5.41. The second kappa shape index (κ2) is 3.34. The van der Waals surface area contributed by atoms with Crippen LogP contribution in [0.4, 0.5) is 10.1 Å². The molecule has 1 aromatic carbocycles. The first-order valence-electron chi connectivity index (χ1n) is 4.55. The highest BCUT2D eigenvalue weighted by atomic mass is 19.1. The maximum atomic E-state index is 13.4. The Morgan fingerprint density at radius 3 is 2.92 bits per heavy atom. The van der Waals surface area contributed by atoms with Gasteiger partial charge in [0.05, 0.1) is 0 Å². The summed E-state index contributed by atoms with van der Waals surface area (Å²) in [6.45, 7) is 0.981. The summed E-state index contributed by atoms with van der Waals surface area (Å²) >= 11 is 0. The van der Waals surface area contributed by atoms with Gasteiger partial charge in [0, 0.05) is 17.3 Å². The standard InChI is InChI=1S/C10H13FN2/c11-9-6-7(12)3-4-8(9)10-2-1-5-13-10/h3-4,6,10,13H,1-2,5,12H2/t10-/m0/s1. The Balaban J connectivity index is 2.29. The molecule has 1 atom stereocenters. The number of halogens is 1. The first-order valence-corrected chi connectivity index (χ1v) is 4.55. The van der Waals surface area contributed by atoms with Crippen molar-refractivity contribution in [1.29, 1.82) is 0 Å². The second-order valence-corrected chi connectivity index (χ2v) is 3.43. The van der Waals surface area contributed by atoms with Crippen molar-refractivity contribution in [3.63, 3.8) is 0 Å². The maximum Gasteiger partial charge on any atom is 0.130 e. The van der Waals surface area contributed by atoms with Crippen molar-refractivity contribution in [2.24, 2.45) is 0 Å². The van der Waals surface area contributed by atoms with Gasteiger partial charge in [-0.05, 0) is 31.5 Å². The van der Waals surface area contributed by atoms with E-state index in [1.165, 1.54) is 6.07 Å². The van der Waals surface area contributed by atoms with Gasteiger partial charge >= 0.3 is 0 Å². The van der Waals surface area contributed by atoms with E-state index in [0.29, 0.717) is 5.69 Å². The molecule has 2 rings (SSSR count). The van der Waals surface area contributed by atoms with Crippen LogP contribution in [-0.4, -0.2) is 6.54 Å². The lowest BCUT2D eigenvalue weighted by molar-refractivity contribution is 0.559. The van der Waals surface area contributed by atoms with Gasteiger partial charge in [-0.2, -0.15) is 0 Å². The molecule has 1 aliphatic rings. The van der Waals surface area contributed by atoms with E-state index in [2.05, 4.69) is 5.32 Å². The molecule has 0 aliphatic carbocycles. The highest BCUT2D eigenvalue weighted by Crippen LogP contribution is 2.26. The molecule has 3 N–H and O–H groups in total. The minimum Gasteiger partial charge on any atom is -0.399 e. The van der Waals surface area contributed by atoms with Crippen molar-refractivity contribution in [1.82, 2.24) is 5.32 Å². The van der Waals surface area contributed by atoms with Crippen LogP contribution >= 0.6 is 0 Å². The molecule has 0 bridgehead atoms. The molecular formula is C10H13FN2. The van der Waals surface area contributed by atoms with Gasteiger partial charge in [0.15, 0.2) is 0 Å². The van der Waals surface area contributed by atoms with Crippen molar-refractivity contribution in [3.05, 3.63) is 29.6 Å². The number of hydrogen-bond acceptors (Lipinski definition) is 2. The Morgan fingerprint density at radius 2 is 2.31 bits per heavy atom. The fourth-order valence-corrected chi connectivity index (χ4v) is 1.78. The van der Waals surface area contributed by atoms with Crippen molar-refractivity contribution in [2.45, 2.75) is 18.9 Å². The van der Waals surface area contributed by atoms with Crippen LogP contribution in [0, 0.1) is 5.82 Å². The molecule has 0 amide bonds. The first-order chi connectivity index (χ1) is 6.27. The molecule has 0 spiro atoms. The van der Waals surface area contributed by atoms with Crippen LogP contribution in [0.3, 0.4) is 0 Å². The van der Waals surface area contributed by atoms with Gasteiger partial charge < -0.3 is 11.1 Å². The summed E-state index contributed by atoms with van der Waals surface area (Å²) in [5.41, 5.74) is 6.69. The van der Waals surface area contributed by atoms with Gasteiger partial charge in [-0.15, -0.1) is 0 Å². The Kier molecular flexibility index (Phi) is 2.19. The Hall–Kier alpha value is -1.09. The molecule has 0 radical (unpaired) electrons. The normalized spacial score (nSPS) is 22.1. The fourth-order valence-electron chi connectivity index (χ4n) is 1.78. The highest BCUT2D eigenvalue weighted by Gasteiger charge is 2.18. The van der Waals surface area contributed by atoms with E-state index in [4.69, 9.17) is 5.73 Å². The third-order valence-electron chi connectivity index (χ3n) is 2.46. The summed E-state index contributed by atoms with van der Waals surface area (Å²) in [5, 5.41) is 3.25. The first kappa shape index (κ1) is 8.51. The Morgan fingerprint density at radius 1 is 1.46 bits per heavy atom. The minimum atomic E-state index is -0.195. The Bertz CT molecular complexity index is 306. The van der Waals surface area contributed by atoms with Gasteiger partial charge in [-0.3, -0.25) is 0 Å². The average molecular weight is 180 g/mol. The molecule has 1 fully saturated rings. The van der Waals surface area contributed by atoms with Crippen LogP contribution in [-0.2, 0) is 0 Å². The van der Waals surface area contributed by atoms with Gasteiger partial charge in [0.25, 0.3) is 0 Å². The number of nitrogens with two attached hydrogens (primary N) is 1. The van der Waals surface area contributed by atoms with Crippen molar-refractivity contribution in [3.8, 4) is 0 Å². The SMILES string of the molecule is Nc1ccc([C@@H]2CCCN2)c(F)c1. The molecule has 0 saturated carbocycles. The zero-order valence-corrected chi connectivity index (χ0v) is 7.39. The molecular weight excluding hydrogens is 167 g/mol. The Labute approximate surface area is 76.9 Å². The monoisotopic (exact) mass is 180 g/mol. The van der Waals surface area contributed by atoms with E-state index >= 15 is 0 Å². The lowest BCUT2D eigenvalue weighted by atomic mass is 10.0. The molecule has 0 unspecified atom stereocenters. The quantitative estimate of drug-likeness (QED) is 0.647. The van der Waals surface area contributed by atoms with Crippen LogP contribution in [0.15, 0.2) is 18.2 Å². The van der Waals surface area contributed by atoms with Crippen LogP contribution in [0.2, 0.25) is 0 Å². The van der Waals surface area contributed by atoms with Crippen molar-refractivity contribution < 1.29 is 4.39 Å². The van der Waals surface area contributed by atoms with E-state index in [1.54, 1.807) is 12.1 Å². The smallest absolute Gasteiger partial charge is 0.130 e. The molecule has 1 aliphatic heterocycles. The number of anilines is 1. The van der Waals surface area contributed by atoms with Crippen LogP contribution in [0.25, 0.3) is 0 Å². The van der Waals surface area contributed by atoms with Gasteiger partial charge in [-0.25, -0.2) is 4.39 Å². The molecule has 1 heterocycles. The van der Waals surface area contributed by atoms with E-state index in [1.807, 2.05) is 0 Å². The summed E-state index contributed by atoms with van der Waals surface area (Å²) < 4.78 is 13.4.